The summed E-state index contributed by atoms with van der Waals surface area (Å²) in [5.41, 5.74) is 3.31. The summed E-state index contributed by atoms with van der Waals surface area (Å²) in [7, 11) is 2.23. The van der Waals surface area contributed by atoms with E-state index in [0.29, 0.717) is 23.7 Å². The molecule has 0 aromatic heterocycles. The van der Waals surface area contributed by atoms with Crippen LogP contribution >= 0.6 is 0 Å². The van der Waals surface area contributed by atoms with Gasteiger partial charge in [0.05, 0.1) is 13.2 Å². The lowest BCUT2D eigenvalue weighted by Gasteiger charge is -2.49. The molecule has 1 spiro atoms. The molecule has 4 nitrogen and oxygen atoms in total. The minimum absolute atomic E-state index is 0.182. The predicted octanol–water partition coefficient (Wildman–Crippen LogP) is 4.32. The van der Waals surface area contributed by atoms with Gasteiger partial charge in [-0.05, 0) is 74.0 Å². The number of hydrogen-bond donors (Lipinski definition) is 0. The van der Waals surface area contributed by atoms with E-state index in [9.17, 15) is 4.79 Å². The number of likely N-dealkylation sites (tertiary alicyclic amines) is 1. The molecule has 30 heavy (non-hydrogen) atoms. The van der Waals surface area contributed by atoms with Gasteiger partial charge in [-0.25, -0.2) is 0 Å². The Labute approximate surface area is 180 Å². The fourth-order valence-electron chi connectivity index (χ4n) is 7.47. The van der Waals surface area contributed by atoms with E-state index in [2.05, 4.69) is 36.2 Å². The van der Waals surface area contributed by atoms with Crippen LogP contribution in [-0.2, 0) is 20.7 Å². The number of ether oxygens (including phenoxy) is 2. The number of fused-ring (bicyclic) bond motifs is 2. The molecule has 162 valence electrons. The summed E-state index contributed by atoms with van der Waals surface area (Å²) in [4.78, 5) is 16.0. The van der Waals surface area contributed by atoms with Crippen molar-refractivity contribution in [3.05, 3.63) is 35.4 Å². The van der Waals surface area contributed by atoms with Crippen LogP contribution in [0.15, 0.2) is 24.3 Å². The van der Waals surface area contributed by atoms with Crippen LogP contribution in [0.2, 0.25) is 0 Å². The largest absolute Gasteiger partial charge is 0.348 e. The van der Waals surface area contributed by atoms with Crippen LogP contribution < -0.4 is 0 Å². The normalized spacial score (nSPS) is 36.4. The van der Waals surface area contributed by atoms with Crippen molar-refractivity contribution >= 4 is 5.78 Å². The van der Waals surface area contributed by atoms with Crippen molar-refractivity contribution in [3.63, 3.8) is 0 Å². The van der Waals surface area contributed by atoms with E-state index < -0.39 is 0 Å². The van der Waals surface area contributed by atoms with Gasteiger partial charge in [0.1, 0.15) is 5.78 Å². The Morgan fingerprint density at radius 2 is 1.93 bits per heavy atom. The number of carbonyl (C=O) groups is 1. The van der Waals surface area contributed by atoms with Crippen LogP contribution in [0.4, 0.5) is 0 Å². The van der Waals surface area contributed by atoms with Crippen LogP contribution in [0.5, 0.6) is 0 Å². The van der Waals surface area contributed by atoms with E-state index in [1.165, 1.54) is 36.8 Å². The summed E-state index contributed by atoms with van der Waals surface area (Å²) in [6.07, 6.45) is 9.81. The number of carbonyl (C=O) groups excluding carboxylic acids is 1. The highest BCUT2D eigenvalue weighted by Crippen LogP contribution is 2.62. The molecule has 2 aliphatic heterocycles. The summed E-state index contributed by atoms with van der Waals surface area (Å²) in [6, 6.07) is 9.53. The van der Waals surface area contributed by atoms with Crippen molar-refractivity contribution in [3.8, 4) is 0 Å². The molecule has 1 aromatic carbocycles. The fraction of sp³-hybridized carbons (Fsp3) is 0.731. The summed E-state index contributed by atoms with van der Waals surface area (Å²) in [5.74, 6) is 1.48. The maximum Gasteiger partial charge on any atom is 0.168 e. The van der Waals surface area contributed by atoms with Gasteiger partial charge >= 0.3 is 0 Å². The zero-order chi connectivity index (χ0) is 20.3. The van der Waals surface area contributed by atoms with Gasteiger partial charge in [0, 0.05) is 37.8 Å². The van der Waals surface area contributed by atoms with Gasteiger partial charge in [0.2, 0.25) is 0 Å². The second-order valence-corrected chi connectivity index (χ2v) is 10.8. The van der Waals surface area contributed by atoms with Crippen molar-refractivity contribution in [2.45, 2.75) is 75.5 Å². The van der Waals surface area contributed by atoms with Crippen molar-refractivity contribution < 1.29 is 14.3 Å². The molecule has 0 bridgehead atoms. The molecular formula is C26H35NO3. The van der Waals surface area contributed by atoms with Crippen molar-refractivity contribution in [1.29, 1.82) is 0 Å². The van der Waals surface area contributed by atoms with Gasteiger partial charge in [0.25, 0.3) is 0 Å². The number of Topliss-reactive ketones (excluding diaryl/α,β-unsaturated/α-hetero) is 1. The van der Waals surface area contributed by atoms with Crippen molar-refractivity contribution in [2.24, 2.45) is 17.3 Å². The van der Waals surface area contributed by atoms with E-state index in [-0.39, 0.29) is 17.1 Å². The van der Waals surface area contributed by atoms with Crippen LogP contribution in [0.25, 0.3) is 0 Å². The maximum absolute atomic E-state index is 13.6. The lowest BCUT2D eigenvalue weighted by Crippen LogP contribution is -2.54. The van der Waals surface area contributed by atoms with Gasteiger partial charge < -0.3 is 14.4 Å². The molecule has 0 radical (unpaired) electrons. The second-order valence-electron chi connectivity index (χ2n) is 10.8. The molecule has 2 heterocycles. The molecule has 3 aliphatic carbocycles. The molecule has 4 fully saturated rings. The minimum Gasteiger partial charge on any atom is -0.348 e. The van der Waals surface area contributed by atoms with E-state index in [4.69, 9.17) is 9.47 Å². The third kappa shape index (κ3) is 3.18. The Morgan fingerprint density at radius 3 is 2.73 bits per heavy atom. The summed E-state index contributed by atoms with van der Waals surface area (Å²) in [6.45, 7) is 2.38. The Balaban J connectivity index is 1.15. The van der Waals surface area contributed by atoms with Crippen LogP contribution in [0, 0.1) is 17.3 Å². The number of ketones is 1. The Bertz CT molecular complexity index is 825. The van der Waals surface area contributed by atoms with Gasteiger partial charge in [-0.3, -0.25) is 4.79 Å². The Morgan fingerprint density at radius 1 is 1.13 bits per heavy atom. The molecule has 0 N–H and O–H groups in total. The molecule has 2 saturated heterocycles. The quantitative estimate of drug-likeness (QED) is 0.742. The van der Waals surface area contributed by atoms with Gasteiger partial charge in [0.15, 0.2) is 5.79 Å². The molecule has 4 heteroatoms. The van der Waals surface area contributed by atoms with Crippen LogP contribution in [0.3, 0.4) is 0 Å². The average Bonchev–Trinajstić information content (AvgIpc) is 3.18. The maximum atomic E-state index is 13.6. The van der Waals surface area contributed by atoms with Gasteiger partial charge in [-0.15, -0.1) is 0 Å². The first-order valence-corrected chi connectivity index (χ1v) is 12.2. The van der Waals surface area contributed by atoms with E-state index in [0.717, 1.165) is 51.9 Å². The van der Waals surface area contributed by atoms with E-state index in [1.54, 1.807) is 0 Å². The topological polar surface area (TPSA) is 38.8 Å². The number of rotatable bonds is 4. The lowest BCUT2D eigenvalue weighted by atomic mass is 9.70. The first-order chi connectivity index (χ1) is 14.6. The van der Waals surface area contributed by atoms with Crippen molar-refractivity contribution in [1.82, 2.24) is 4.90 Å². The van der Waals surface area contributed by atoms with E-state index in [1.807, 2.05) is 0 Å². The Kier molecular flexibility index (Phi) is 4.63. The molecule has 0 amide bonds. The number of hydrogen-bond acceptors (Lipinski definition) is 4. The monoisotopic (exact) mass is 409 g/mol. The lowest BCUT2D eigenvalue weighted by molar-refractivity contribution is -0.202. The number of aryl methyl sites for hydroxylation is 1. The third-order valence-electron chi connectivity index (χ3n) is 9.16. The summed E-state index contributed by atoms with van der Waals surface area (Å²) in [5, 5.41) is 0. The highest BCUT2D eigenvalue weighted by atomic mass is 16.7. The molecule has 4 atom stereocenters. The molecule has 1 unspecified atom stereocenters. The Hall–Kier alpha value is -1.23. The highest BCUT2D eigenvalue weighted by molar-refractivity contribution is 5.82. The number of piperidine rings is 1. The second kappa shape index (κ2) is 7.15. The van der Waals surface area contributed by atoms with Gasteiger partial charge in [-0.1, -0.05) is 24.3 Å². The van der Waals surface area contributed by atoms with E-state index >= 15 is 0 Å². The molecule has 5 aliphatic rings. The smallest absolute Gasteiger partial charge is 0.168 e. The van der Waals surface area contributed by atoms with Crippen molar-refractivity contribution in [2.75, 3.05) is 26.8 Å². The number of nitrogens with zero attached hydrogens (tertiary/aromatic N) is 1. The van der Waals surface area contributed by atoms with Gasteiger partial charge in [-0.2, -0.15) is 0 Å². The fourth-order valence-corrected chi connectivity index (χ4v) is 7.47. The third-order valence-corrected chi connectivity index (χ3v) is 9.16. The summed E-state index contributed by atoms with van der Waals surface area (Å²) >= 11 is 0. The molecule has 1 aromatic rings. The number of benzene rings is 1. The zero-order valence-electron chi connectivity index (χ0n) is 18.3. The summed E-state index contributed by atoms with van der Waals surface area (Å²) < 4.78 is 12.1. The zero-order valence-corrected chi connectivity index (χ0v) is 18.3. The minimum atomic E-state index is -0.349. The highest BCUT2D eigenvalue weighted by Gasteiger charge is 2.54. The average molecular weight is 410 g/mol. The first kappa shape index (κ1) is 19.5. The van der Waals surface area contributed by atoms with Crippen LogP contribution in [-0.4, -0.2) is 49.3 Å². The SMILES string of the molecule is CN1C[C@H](C(=O)CC2(C3CCc4ccccc43)CC2)C[C@@H]2CC3(CC[C@H]21)OCCO3. The predicted molar refractivity (Wildman–Crippen MR) is 115 cm³/mol. The first-order valence-electron chi connectivity index (χ1n) is 12.2. The van der Waals surface area contributed by atoms with Crippen LogP contribution in [0.1, 0.15) is 68.4 Å². The molecule has 2 saturated carbocycles. The standard InChI is InChI=1S/C26H35NO3/c1-27-17-20(14-19-15-26(9-8-23(19)27)29-12-13-30-26)24(28)16-25(10-11-25)22-7-6-18-4-2-3-5-21(18)22/h2-5,19-20,22-23H,6-17H2,1H3/t19-,20-,22?,23-/m1/s1. The molecular weight excluding hydrogens is 374 g/mol. The molecule has 6 rings (SSSR count).